The Bertz CT molecular complexity index is 572. The SMILES string of the molecule is CC(CCNc1cc(F)c(I)cc1N)c1ccccc1. The van der Waals surface area contributed by atoms with Crippen molar-refractivity contribution in [1.82, 2.24) is 0 Å². The Balaban J connectivity index is 1.92. The summed E-state index contributed by atoms with van der Waals surface area (Å²) in [5, 5.41) is 3.21. The van der Waals surface area contributed by atoms with Crippen molar-refractivity contribution in [2.75, 3.05) is 17.6 Å². The van der Waals surface area contributed by atoms with Gasteiger partial charge in [0, 0.05) is 12.6 Å². The lowest BCUT2D eigenvalue weighted by Gasteiger charge is -2.14. The molecule has 0 saturated carbocycles. The maximum absolute atomic E-state index is 13.5. The fourth-order valence-electron chi connectivity index (χ4n) is 2.09. The van der Waals surface area contributed by atoms with Gasteiger partial charge < -0.3 is 11.1 Å². The molecule has 20 heavy (non-hydrogen) atoms. The quantitative estimate of drug-likeness (QED) is 0.583. The van der Waals surface area contributed by atoms with Gasteiger partial charge in [0.15, 0.2) is 0 Å². The normalized spacial score (nSPS) is 12.2. The Kier molecular flexibility index (Phi) is 5.23. The highest BCUT2D eigenvalue weighted by molar-refractivity contribution is 14.1. The van der Waals surface area contributed by atoms with Gasteiger partial charge in [-0.2, -0.15) is 0 Å². The number of benzene rings is 2. The van der Waals surface area contributed by atoms with Crippen molar-refractivity contribution in [2.45, 2.75) is 19.3 Å². The van der Waals surface area contributed by atoms with E-state index in [1.54, 1.807) is 6.07 Å². The second-order valence-electron chi connectivity index (χ2n) is 4.88. The van der Waals surface area contributed by atoms with E-state index in [2.05, 4.69) is 24.4 Å². The Morgan fingerprint density at radius 3 is 2.65 bits per heavy atom. The highest BCUT2D eigenvalue weighted by Crippen LogP contribution is 2.25. The summed E-state index contributed by atoms with van der Waals surface area (Å²) in [7, 11) is 0. The third-order valence-corrected chi connectivity index (χ3v) is 4.18. The summed E-state index contributed by atoms with van der Waals surface area (Å²) >= 11 is 1.94. The van der Waals surface area contributed by atoms with E-state index in [1.807, 2.05) is 40.8 Å². The van der Waals surface area contributed by atoms with E-state index in [-0.39, 0.29) is 5.82 Å². The predicted molar refractivity (Wildman–Crippen MR) is 91.5 cm³/mol. The molecule has 4 heteroatoms. The van der Waals surface area contributed by atoms with Crippen LogP contribution < -0.4 is 11.1 Å². The minimum atomic E-state index is -0.238. The summed E-state index contributed by atoms with van der Waals surface area (Å²) in [4.78, 5) is 0. The molecule has 1 unspecified atom stereocenters. The molecule has 0 aliphatic carbocycles. The number of nitrogen functional groups attached to an aromatic ring is 1. The first kappa shape index (κ1) is 15.1. The average Bonchev–Trinajstić information content (AvgIpc) is 2.45. The lowest BCUT2D eigenvalue weighted by molar-refractivity contribution is 0.620. The molecule has 0 saturated heterocycles. The molecule has 0 aliphatic rings. The molecule has 3 N–H and O–H groups in total. The van der Waals surface area contributed by atoms with E-state index in [4.69, 9.17) is 5.73 Å². The van der Waals surface area contributed by atoms with Crippen molar-refractivity contribution in [3.63, 3.8) is 0 Å². The summed E-state index contributed by atoms with van der Waals surface area (Å²) in [6, 6.07) is 13.5. The van der Waals surface area contributed by atoms with Gasteiger partial charge in [-0.1, -0.05) is 37.3 Å². The first-order chi connectivity index (χ1) is 9.58. The van der Waals surface area contributed by atoms with Crippen LogP contribution in [-0.4, -0.2) is 6.54 Å². The molecule has 106 valence electrons. The summed E-state index contributed by atoms with van der Waals surface area (Å²) in [6.45, 7) is 2.95. The van der Waals surface area contributed by atoms with Gasteiger partial charge in [0.1, 0.15) is 5.82 Å². The first-order valence-electron chi connectivity index (χ1n) is 6.61. The van der Waals surface area contributed by atoms with Gasteiger partial charge >= 0.3 is 0 Å². The third kappa shape index (κ3) is 3.85. The lowest BCUT2D eigenvalue weighted by Crippen LogP contribution is -2.08. The standard InChI is InChI=1S/C16H18FIN2/c1-11(12-5-3-2-4-6-12)7-8-20-16-9-13(17)14(18)10-15(16)19/h2-6,9-11,20H,7-8,19H2,1H3. The van der Waals surface area contributed by atoms with Crippen molar-refractivity contribution in [3.8, 4) is 0 Å². The molecule has 0 fully saturated rings. The van der Waals surface area contributed by atoms with E-state index in [0.717, 1.165) is 13.0 Å². The Morgan fingerprint density at radius 1 is 1.25 bits per heavy atom. The van der Waals surface area contributed by atoms with Crippen LogP contribution in [0.4, 0.5) is 15.8 Å². The topological polar surface area (TPSA) is 38.0 Å². The molecule has 2 aromatic carbocycles. The van der Waals surface area contributed by atoms with Crippen molar-refractivity contribution < 1.29 is 4.39 Å². The molecule has 2 aromatic rings. The number of hydrogen-bond acceptors (Lipinski definition) is 2. The number of halogens is 2. The predicted octanol–water partition coefficient (Wildman–Crippen LogP) is 4.62. The fraction of sp³-hybridized carbons (Fsp3) is 0.250. The van der Waals surface area contributed by atoms with Crippen LogP contribution >= 0.6 is 22.6 Å². The second-order valence-corrected chi connectivity index (χ2v) is 6.04. The van der Waals surface area contributed by atoms with E-state index in [1.165, 1.54) is 11.6 Å². The van der Waals surface area contributed by atoms with Gasteiger partial charge in [-0.25, -0.2) is 4.39 Å². The highest BCUT2D eigenvalue weighted by atomic mass is 127. The van der Waals surface area contributed by atoms with Crippen molar-refractivity contribution in [2.24, 2.45) is 0 Å². The maximum Gasteiger partial charge on any atom is 0.138 e. The van der Waals surface area contributed by atoms with Crippen molar-refractivity contribution in [1.29, 1.82) is 0 Å². The summed E-state index contributed by atoms with van der Waals surface area (Å²) in [5.41, 5.74) is 8.46. The molecule has 0 bridgehead atoms. The van der Waals surface area contributed by atoms with Gasteiger partial charge in [-0.15, -0.1) is 0 Å². The van der Waals surface area contributed by atoms with Crippen molar-refractivity contribution in [3.05, 3.63) is 57.4 Å². The largest absolute Gasteiger partial charge is 0.397 e. The third-order valence-electron chi connectivity index (χ3n) is 3.35. The average molecular weight is 384 g/mol. The van der Waals surface area contributed by atoms with Crippen LogP contribution in [0.1, 0.15) is 24.8 Å². The minimum absolute atomic E-state index is 0.238. The van der Waals surface area contributed by atoms with Gasteiger partial charge in [-0.05, 0) is 46.6 Å². The van der Waals surface area contributed by atoms with Crippen LogP contribution in [0, 0.1) is 9.39 Å². The fourth-order valence-corrected chi connectivity index (χ4v) is 2.58. The highest BCUT2D eigenvalue weighted by Gasteiger charge is 2.07. The van der Waals surface area contributed by atoms with Crippen LogP contribution in [0.2, 0.25) is 0 Å². The molecule has 1 atom stereocenters. The Labute approximate surface area is 132 Å². The van der Waals surface area contributed by atoms with Crippen LogP contribution in [0.25, 0.3) is 0 Å². The monoisotopic (exact) mass is 384 g/mol. The van der Waals surface area contributed by atoms with Gasteiger partial charge in [-0.3, -0.25) is 0 Å². The summed E-state index contributed by atoms with van der Waals surface area (Å²) in [5.74, 6) is 0.219. The molecule has 0 spiro atoms. The summed E-state index contributed by atoms with van der Waals surface area (Å²) in [6.07, 6.45) is 0.969. The van der Waals surface area contributed by atoms with E-state index in [0.29, 0.717) is 20.9 Å². The zero-order valence-corrected chi connectivity index (χ0v) is 13.5. The first-order valence-corrected chi connectivity index (χ1v) is 7.69. The molecule has 2 nitrogen and oxygen atoms in total. The second kappa shape index (κ2) is 6.92. The molecule has 0 aromatic heterocycles. The smallest absolute Gasteiger partial charge is 0.138 e. The van der Waals surface area contributed by atoms with Crippen molar-refractivity contribution >= 4 is 34.0 Å². The Morgan fingerprint density at radius 2 is 1.95 bits per heavy atom. The number of nitrogens with two attached hydrogens (primary N) is 1. The Hall–Kier alpha value is -1.30. The molecule has 0 radical (unpaired) electrons. The van der Waals surface area contributed by atoms with E-state index < -0.39 is 0 Å². The van der Waals surface area contributed by atoms with Crippen LogP contribution in [-0.2, 0) is 0 Å². The van der Waals surface area contributed by atoms with Gasteiger partial charge in [0.2, 0.25) is 0 Å². The van der Waals surface area contributed by atoms with Crippen LogP contribution in [0.15, 0.2) is 42.5 Å². The number of nitrogens with one attached hydrogen (secondary N) is 1. The van der Waals surface area contributed by atoms with Crippen LogP contribution in [0.5, 0.6) is 0 Å². The molecule has 0 heterocycles. The lowest BCUT2D eigenvalue weighted by atomic mass is 9.98. The van der Waals surface area contributed by atoms with Crippen LogP contribution in [0.3, 0.4) is 0 Å². The van der Waals surface area contributed by atoms with E-state index >= 15 is 0 Å². The van der Waals surface area contributed by atoms with Gasteiger partial charge in [0.25, 0.3) is 0 Å². The minimum Gasteiger partial charge on any atom is -0.397 e. The number of hydrogen-bond donors (Lipinski definition) is 2. The maximum atomic E-state index is 13.5. The zero-order chi connectivity index (χ0) is 14.5. The molecular formula is C16H18FIN2. The van der Waals surface area contributed by atoms with Gasteiger partial charge in [0.05, 0.1) is 14.9 Å². The molecule has 0 aliphatic heterocycles. The molecule has 0 amide bonds. The summed E-state index contributed by atoms with van der Waals surface area (Å²) < 4.78 is 14.1. The zero-order valence-electron chi connectivity index (χ0n) is 11.4. The van der Waals surface area contributed by atoms with E-state index in [9.17, 15) is 4.39 Å². The molecular weight excluding hydrogens is 366 g/mol. The molecule has 2 rings (SSSR count). The number of anilines is 2. The number of rotatable bonds is 5.